The Balaban J connectivity index is 2.86. The molecule has 63 heavy (non-hydrogen) atoms. The summed E-state index contributed by atoms with van der Waals surface area (Å²) in [5, 5.41) is 34.4. The van der Waals surface area contributed by atoms with Gasteiger partial charge in [0.2, 0.25) is 5.91 Å². The van der Waals surface area contributed by atoms with Gasteiger partial charge in [0.15, 0.2) is 12.4 Å². The fourth-order valence-corrected chi connectivity index (χ4v) is 9.63. The number of nitrogens with one attached hydrogen (secondary N) is 1. The number of aliphatic hydroxyl groups excluding tert-OH is 3. The monoisotopic (exact) mass is 920 g/mol. The summed E-state index contributed by atoms with van der Waals surface area (Å²) in [7, 11) is -5.21. The van der Waals surface area contributed by atoms with Crippen molar-refractivity contribution in [1.82, 2.24) is 5.32 Å². The summed E-state index contributed by atoms with van der Waals surface area (Å²) in [6.07, 6.45) is 33.0. The molecule has 6 N–H and O–H groups in total. The first-order chi connectivity index (χ1) is 30.4. The Hall–Kier alpha value is -1.11. The average Bonchev–Trinajstić information content (AvgIpc) is 3.24. The molecule has 7 atom stereocenters. The number of hydrogen-bond acceptors (Lipinski definition) is 9. The molecule has 1 heterocycles. The van der Waals surface area contributed by atoms with Crippen LogP contribution in [-0.2, 0) is 28.2 Å². The first-order valence-corrected chi connectivity index (χ1v) is 27.8. The average molecular weight is 920 g/mol. The molecule has 1 fully saturated rings. The van der Waals surface area contributed by atoms with Gasteiger partial charge in [-0.3, -0.25) is 14.1 Å². The number of esters is 1. The number of rotatable bonds is 44. The molecule has 0 aliphatic carbocycles. The zero-order valence-corrected chi connectivity index (χ0v) is 41.4. The van der Waals surface area contributed by atoms with Gasteiger partial charge in [-0.1, -0.05) is 226 Å². The maximum atomic E-state index is 13.8. The molecule has 1 aliphatic rings. The molecule has 0 saturated carbocycles. The van der Waals surface area contributed by atoms with E-state index in [2.05, 4.69) is 26.1 Å². The van der Waals surface area contributed by atoms with Crippen LogP contribution in [0.15, 0.2) is 0 Å². The normalized spacial score (nSPS) is 20.2. The lowest BCUT2D eigenvalue weighted by molar-refractivity contribution is -0.256. The smallest absolute Gasteiger partial charge is 0.457 e. The number of unbranched alkanes of at least 4 members (excludes halogenated alkanes) is 29. The van der Waals surface area contributed by atoms with Crippen LogP contribution in [0.1, 0.15) is 258 Å². The van der Waals surface area contributed by atoms with Crippen molar-refractivity contribution < 1.29 is 53.3 Å². The minimum atomic E-state index is -5.21. The van der Waals surface area contributed by atoms with Crippen molar-refractivity contribution >= 4 is 19.7 Å². The van der Waals surface area contributed by atoms with Crippen LogP contribution in [0.3, 0.4) is 0 Å². The molecule has 0 radical (unpaired) electrons. The molecule has 0 spiro atoms. The second-order valence-electron chi connectivity index (χ2n) is 18.9. The highest BCUT2D eigenvalue weighted by atomic mass is 31.2. The van der Waals surface area contributed by atoms with E-state index in [0.29, 0.717) is 6.42 Å². The van der Waals surface area contributed by atoms with Crippen LogP contribution >= 0.6 is 7.82 Å². The van der Waals surface area contributed by atoms with Crippen molar-refractivity contribution in [2.45, 2.75) is 295 Å². The molecule has 1 saturated heterocycles. The Morgan fingerprint density at radius 1 is 0.571 bits per heavy atom. The van der Waals surface area contributed by atoms with Crippen molar-refractivity contribution in [3.05, 3.63) is 0 Å². The predicted molar refractivity (Wildman–Crippen MR) is 254 cm³/mol. The summed E-state index contributed by atoms with van der Waals surface area (Å²) in [5.41, 5.74) is 0. The third kappa shape index (κ3) is 33.1. The summed E-state index contributed by atoms with van der Waals surface area (Å²) in [4.78, 5) is 46.7. The van der Waals surface area contributed by atoms with E-state index in [1.54, 1.807) is 0 Å². The Morgan fingerprint density at radius 2 is 0.937 bits per heavy atom. The first kappa shape index (κ1) is 59.9. The number of aliphatic hydroxyl groups is 3. The van der Waals surface area contributed by atoms with Crippen LogP contribution in [0.2, 0.25) is 0 Å². The molecule has 0 aromatic carbocycles. The highest BCUT2D eigenvalue weighted by molar-refractivity contribution is 7.46. The Labute approximate surface area is 384 Å². The van der Waals surface area contributed by atoms with Gasteiger partial charge in [0.05, 0.1) is 19.1 Å². The van der Waals surface area contributed by atoms with E-state index in [9.17, 15) is 39.3 Å². The fraction of sp³-hybridized carbons (Fsp3) is 0.960. The minimum absolute atomic E-state index is 0.0307. The molecule has 2 unspecified atom stereocenters. The lowest BCUT2D eigenvalue weighted by Gasteiger charge is -2.43. The number of carbonyl (C=O) groups excluding carboxylic acids is 2. The van der Waals surface area contributed by atoms with Gasteiger partial charge < -0.3 is 39.9 Å². The molecule has 0 aromatic heterocycles. The molecule has 374 valence electrons. The van der Waals surface area contributed by atoms with Gasteiger partial charge in [0.25, 0.3) is 0 Å². The SMILES string of the molecule is CCCCCCCCCCCCCCCCC(CCCCCCCCCCC)CC(=O)O[C@H]1[C@H](OP(=O)(O)O)[C@@H](CO)OC(O)[C@@H]1NC(=O)C[C@H](O)CCCCCCCCCCC. The lowest BCUT2D eigenvalue weighted by Crippen LogP contribution is -2.65. The molecule has 0 aromatic rings. The van der Waals surface area contributed by atoms with Gasteiger partial charge in [-0.2, -0.15) is 0 Å². The molecule has 1 amide bonds. The van der Waals surface area contributed by atoms with E-state index in [-0.39, 0.29) is 18.8 Å². The minimum Gasteiger partial charge on any atom is -0.457 e. The molecule has 0 bridgehead atoms. The van der Waals surface area contributed by atoms with E-state index in [4.69, 9.17) is 14.0 Å². The third-order valence-corrected chi connectivity index (χ3v) is 13.4. The standard InChI is InChI=1S/C50H98NO11P/c1-4-7-10-13-16-19-20-21-22-23-26-28-31-34-37-42(36-33-30-27-24-17-14-11-8-5-2)39-46(55)61-49-47(50(56)60-44(41-52)48(49)62-63(57,58)59)51-45(54)40-43(53)38-35-32-29-25-18-15-12-9-6-3/h42-44,47-50,52-53,56H,4-41H2,1-3H3,(H,51,54)(H2,57,58,59)/t42?,43-,44-,47-,48-,49-,50?/m1/s1. The largest absolute Gasteiger partial charge is 0.470 e. The van der Waals surface area contributed by atoms with Crippen LogP contribution in [-0.4, -0.2) is 80.3 Å². The molecular formula is C50H98NO11P. The second-order valence-corrected chi connectivity index (χ2v) is 20.1. The Bertz CT molecular complexity index is 1130. The van der Waals surface area contributed by atoms with Crippen molar-refractivity contribution in [2.24, 2.45) is 5.92 Å². The summed E-state index contributed by atoms with van der Waals surface area (Å²) < 4.78 is 28.5. The second kappa shape index (κ2) is 40.0. The zero-order chi connectivity index (χ0) is 46.4. The van der Waals surface area contributed by atoms with Crippen molar-refractivity contribution in [1.29, 1.82) is 0 Å². The highest BCUT2D eigenvalue weighted by Crippen LogP contribution is 2.42. The summed E-state index contributed by atoms with van der Waals surface area (Å²) in [5.74, 6) is -1.25. The van der Waals surface area contributed by atoms with Crippen LogP contribution in [0.4, 0.5) is 0 Å². The third-order valence-electron chi connectivity index (χ3n) is 12.9. The number of hydrogen-bond donors (Lipinski definition) is 6. The van der Waals surface area contributed by atoms with E-state index in [1.165, 1.54) is 141 Å². The van der Waals surface area contributed by atoms with Gasteiger partial charge in [-0.25, -0.2) is 4.57 Å². The van der Waals surface area contributed by atoms with E-state index < -0.39 is 63.1 Å². The van der Waals surface area contributed by atoms with E-state index in [0.717, 1.165) is 77.0 Å². The molecular weight excluding hydrogens is 822 g/mol. The first-order valence-electron chi connectivity index (χ1n) is 26.3. The number of ether oxygens (including phenoxy) is 2. The highest BCUT2D eigenvalue weighted by Gasteiger charge is 2.51. The van der Waals surface area contributed by atoms with Gasteiger partial charge in [0.1, 0.15) is 18.2 Å². The van der Waals surface area contributed by atoms with Gasteiger partial charge in [-0.15, -0.1) is 0 Å². The summed E-state index contributed by atoms with van der Waals surface area (Å²) >= 11 is 0. The maximum Gasteiger partial charge on any atom is 0.470 e. The lowest BCUT2D eigenvalue weighted by atomic mass is 9.91. The molecule has 1 rings (SSSR count). The van der Waals surface area contributed by atoms with Crippen LogP contribution in [0.5, 0.6) is 0 Å². The Kier molecular flexibility index (Phi) is 38.0. The van der Waals surface area contributed by atoms with Crippen LogP contribution in [0.25, 0.3) is 0 Å². The molecule has 12 nitrogen and oxygen atoms in total. The Morgan fingerprint density at radius 3 is 1.30 bits per heavy atom. The van der Waals surface area contributed by atoms with E-state index in [1.807, 2.05) is 0 Å². The molecule has 1 aliphatic heterocycles. The zero-order valence-electron chi connectivity index (χ0n) is 40.5. The van der Waals surface area contributed by atoms with E-state index >= 15 is 0 Å². The van der Waals surface area contributed by atoms with Gasteiger partial charge in [0, 0.05) is 6.42 Å². The summed E-state index contributed by atoms with van der Waals surface area (Å²) in [6, 6.07) is -1.47. The number of carbonyl (C=O) groups is 2. The van der Waals surface area contributed by atoms with Crippen molar-refractivity contribution in [2.75, 3.05) is 6.61 Å². The number of phosphoric acid groups is 1. The number of amides is 1. The number of phosphoric ester groups is 1. The van der Waals surface area contributed by atoms with Crippen molar-refractivity contribution in [3.8, 4) is 0 Å². The van der Waals surface area contributed by atoms with Gasteiger partial charge >= 0.3 is 13.8 Å². The van der Waals surface area contributed by atoms with Gasteiger partial charge in [-0.05, 0) is 25.2 Å². The van der Waals surface area contributed by atoms with Crippen molar-refractivity contribution in [3.63, 3.8) is 0 Å². The predicted octanol–water partition coefficient (Wildman–Crippen LogP) is 12.0. The topological polar surface area (TPSA) is 192 Å². The summed E-state index contributed by atoms with van der Waals surface area (Å²) in [6.45, 7) is 5.88. The maximum absolute atomic E-state index is 13.8. The van der Waals surface area contributed by atoms with Crippen LogP contribution in [0, 0.1) is 5.92 Å². The quantitative estimate of drug-likeness (QED) is 0.0194. The van der Waals surface area contributed by atoms with Crippen LogP contribution < -0.4 is 5.32 Å². The fourth-order valence-electron chi connectivity index (χ4n) is 9.05. The molecule has 13 heteroatoms.